The van der Waals surface area contributed by atoms with Gasteiger partial charge in [0, 0.05) is 44.4 Å². The summed E-state index contributed by atoms with van der Waals surface area (Å²) >= 11 is 0. The molecule has 1 spiro atoms. The summed E-state index contributed by atoms with van der Waals surface area (Å²) in [5.41, 5.74) is 3.06. The largest absolute Gasteiger partial charge is 0.396 e. The first kappa shape index (κ1) is 19.0. The van der Waals surface area contributed by atoms with Crippen molar-refractivity contribution >= 4 is 10.9 Å². The number of benzene rings is 1. The van der Waals surface area contributed by atoms with Gasteiger partial charge in [-0.25, -0.2) is 0 Å². The van der Waals surface area contributed by atoms with Gasteiger partial charge in [-0.05, 0) is 86.4 Å². The van der Waals surface area contributed by atoms with E-state index in [2.05, 4.69) is 58.8 Å². The van der Waals surface area contributed by atoms with Crippen LogP contribution in [-0.2, 0) is 13.6 Å². The first-order valence-corrected chi connectivity index (χ1v) is 10.7. The maximum atomic E-state index is 10.2. The van der Waals surface area contributed by atoms with Crippen molar-refractivity contribution in [3.63, 3.8) is 0 Å². The van der Waals surface area contributed by atoms with Crippen molar-refractivity contribution < 1.29 is 5.11 Å². The molecule has 2 fully saturated rings. The first-order chi connectivity index (χ1) is 13.1. The van der Waals surface area contributed by atoms with E-state index in [9.17, 15) is 5.11 Å². The zero-order valence-electron chi connectivity index (χ0n) is 17.0. The summed E-state index contributed by atoms with van der Waals surface area (Å²) in [6.45, 7) is 9.47. The van der Waals surface area contributed by atoms with E-state index in [4.69, 9.17) is 0 Å². The first-order valence-electron chi connectivity index (χ1n) is 10.7. The van der Waals surface area contributed by atoms with Crippen LogP contribution in [0, 0.1) is 11.3 Å². The van der Waals surface area contributed by atoms with Crippen molar-refractivity contribution in [2.24, 2.45) is 18.4 Å². The lowest BCUT2D eigenvalue weighted by Crippen LogP contribution is -2.53. The van der Waals surface area contributed by atoms with Crippen molar-refractivity contribution in [2.45, 2.75) is 39.2 Å². The molecule has 148 valence electrons. The molecule has 2 aliphatic heterocycles. The lowest BCUT2D eigenvalue weighted by atomic mass is 9.64. The number of aliphatic hydroxyl groups is 1. The second-order valence-electron chi connectivity index (χ2n) is 8.89. The van der Waals surface area contributed by atoms with Crippen LogP contribution in [-0.4, -0.2) is 58.8 Å². The number of aromatic nitrogens is 1. The number of likely N-dealkylation sites (tertiary alicyclic amines) is 2. The second-order valence-corrected chi connectivity index (χ2v) is 8.89. The molecule has 2 aromatic rings. The lowest BCUT2D eigenvalue weighted by Gasteiger charge is -2.51. The highest BCUT2D eigenvalue weighted by atomic mass is 16.3. The van der Waals surface area contributed by atoms with Crippen molar-refractivity contribution in [3.05, 3.63) is 36.0 Å². The molecule has 4 heteroatoms. The van der Waals surface area contributed by atoms with Gasteiger partial charge >= 0.3 is 0 Å². The third-order valence-corrected chi connectivity index (χ3v) is 7.24. The molecule has 1 aromatic carbocycles. The summed E-state index contributed by atoms with van der Waals surface area (Å²) in [7, 11) is 2.10. The number of rotatable bonds is 5. The normalized spacial score (nSPS) is 24.0. The van der Waals surface area contributed by atoms with Crippen molar-refractivity contribution in [3.8, 4) is 0 Å². The van der Waals surface area contributed by atoms with E-state index < -0.39 is 0 Å². The van der Waals surface area contributed by atoms with E-state index in [0.717, 1.165) is 19.6 Å². The Labute approximate surface area is 163 Å². The number of piperidine rings is 2. The Kier molecular flexibility index (Phi) is 5.58. The fraction of sp³-hybridized carbons (Fsp3) is 0.652. The minimum Gasteiger partial charge on any atom is -0.396 e. The maximum absolute atomic E-state index is 10.2. The van der Waals surface area contributed by atoms with Gasteiger partial charge in [-0.1, -0.05) is 13.0 Å². The van der Waals surface area contributed by atoms with Crippen LogP contribution in [0.4, 0.5) is 0 Å². The van der Waals surface area contributed by atoms with Gasteiger partial charge in [-0.2, -0.15) is 0 Å². The number of nitrogens with zero attached hydrogens (tertiary/aromatic N) is 3. The Hall–Kier alpha value is -1.36. The zero-order valence-corrected chi connectivity index (χ0v) is 17.0. The Morgan fingerprint density at radius 3 is 2.52 bits per heavy atom. The van der Waals surface area contributed by atoms with E-state index in [1.807, 2.05) is 0 Å². The molecule has 0 aliphatic carbocycles. The van der Waals surface area contributed by atoms with Crippen molar-refractivity contribution in [1.82, 2.24) is 14.4 Å². The van der Waals surface area contributed by atoms with Gasteiger partial charge in [0.05, 0.1) is 0 Å². The maximum Gasteiger partial charge on any atom is 0.0477 e. The number of hydrogen-bond donors (Lipinski definition) is 1. The van der Waals surface area contributed by atoms with Crippen molar-refractivity contribution in [1.29, 1.82) is 0 Å². The highest BCUT2D eigenvalue weighted by molar-refractivity contribution is 5.80. The van der Waals surface area contributed by atoms with Crippen LogP contribution in [0.15, 0.2) is 30.5 Å². The predicted octanol–water partition coefficient (Wildman–Crippen LogP) is 3.48. The summed E-state index contributed by atoms with van der Waals surface area (Å²) in [6, 6.07) is 9.04. The minimum absolute atomic E-state index is 0.335. The molecule has 27 heavy (non-hydrogen) atoms. The third kappa shape index (κ3) is 3.80. The molecular weight excluding hydrogens is 334 g/mol. The van der Waals surface area contributed by atoms with Crippen LogP contribution in [0.25, 0.3) is 10.9 Å². The SMILES string of the molecule is CCCN1CCC2(CC1)CCN(Cc1ccc3c(ccn3C)c1)CC2CO. The van der Waals surface area contributed by atoms with Gasteiger partial charge in [0.15, 0.2) is 0 Å². The van der Waals surface area contributed by atoms with Gasteiger partial charge in [0.25, 0.3) is 0 Å². The van der Waals surface area contributed by atoms with Crippen LogP contribution in [0.5, 0.6) is 0 Å². The van der Waals surface area contributed by atoms with Crippen molar-refractivity contribution in [2.75, 3.05) is 39.3 Å². The van der Waals surface area contributed by atoms with E-state index in [0.29, 0.717) is 17.9 Å². The van der Waals surface area contributed by atoms with Gasteiger partial charge in [0.2, 0.25) is 0 Å². The van der Waals surface area contributed by atoms with E-state index in [1.54, 1.807) is 0 Å². The molecule has 0 bridgehead atoms. The van der Waals surface area contributed by atoms with Gasteiger partial charge in [-0.15, -0.1) is 0 Å². The number of aryl methyl sites for hydroxylation is 1. The molecule has 3 heterocycles. The number of aliphatic hydroxyl groups excluding tert-OH is 1. The standard InChI is InChI=1S/C23H35N3O/c1-3-10-25-12-7-23(8-13-25)9-14-26(17-21(23)18-27)16-19-4-5-22-20(15-19)6-11-24(22)2/h4-6,11,15,21,27H,3,7-10,12-14,16-18H2,1-2H3. The molecule has 1 N–H and O–H groups in total. The quantitative estimate of drug-likeness (QED) is 0.875. The Morgan fingerprint density at radius 2 is 1.81 bits per heavy atom. The zero-order chi connectivity index (χ0) is 18.9. The summed E-state index contributed by atoms with van der Waals surface area (Å²) < 4.78 is 2.18. The molecule has 2 saturated heterocycles. The molecule has 1 unspecified atom stereocenters. The Balaban J connectivity index is 1.40. The third-order valence-electron chi connectivity index (χ3n) is 7.24. The average molecular weight is 370 g/mol. The fourth-order valence-corrected chi connectivity index (χ4v) is 5.46. The molecule has 0 amide bonds. The molecule has 0 radical (unpaired) electrons. The molecule has 4 nitrogen and oxygen atoms in total. The van der Waals surface area contributed by atoms with Crippen LogP contribution >= 0.6 is 0 Å². The van der Waals surface area contributed by atoms with Gasteiger partial charge in [0.1, 0.15) is 0 Å². The molecule has 0 saturated carbocycles. The summed E-state index contributed by atoms with van der Waals surface area (Å²) in [5.74, 6) is 0.426. The highest BCUT2D eigenvalue weighted by Gasteiger charge is 2.44. The van der Waals surface area contributed by atoms with E-state index in [-0.39, 0.29) is 0 Å². The van der Waals surface area contributed by atoms with Gasteiger partial charge < -0.3 is 14.6 Å². The minimum atomic E-state index is 0.335. The topological polar surface area (TPSA) is 31.6 Å². The molecule has 1 aromatic heterocycles. The van der Waals surface area contributed by atoms with Crippen LogP contribution in [0.2, 0.25) is 0 Å². The predicted molar refractivity (Wildman–Crippen MR) is 112 cm³/mol. The number of fused-ring (bicyclic) bond motifs is 1. The molecule has 2 aliphatic rings. The number of hydrogen-bond acceptors (Lipinski definition) is 3. The van der Waals surface area contributed by atoms with E-state index >= 15 is 0 Å². The summed E-state index contributed by atoms with van der Waals surface area (Å²) in [6.07, 6.45) is 7.15. The fourth-order valence-electron chi connectivity index (χ4n) is 5.46. The van der Waals surface area contributed by atoms with Gasteiger partial charge in [-0.3, -0.25) is 4.90 Å². The lowest BCUT2D eigenvalue weighted by molar-refractivity contribution is -0.0436. The monoisotopic (exact) mass is 369 g/mol. The Morgan fingerprint density at radius 1 is 1.07 bits per heavy atom. The molecule has 4 rings (SSSR count). The average Bonchev–Trinajstić information content (AvgIpc) is 3.06. The van der Waals surface area contributed by atoms with Crippen LogP contribution in [0.1, 0.15) is 38.2 Å². The second kappa shape index (κ2) is 7.94. The molecular formula is C23H35N3O. The smallest absolute Gasteiger partial charge is 0.0477 e. The molecule has 1 atom stereocenters. The highest BCUT2D eigenvalue weighted by Crippen LogP contribution is 2.45. The van der Waals surface area contributed by atoms with E-state index in [1.165, 1.54) is 61.8 Å². The van der Waals surface area contributed by atoms with Crippen LogP contribution < -0.4 is 0 Å². The summed E-state index contributed by atoms with van der Waals surface area (Å²) in [4.78, 5) is 5.18. The van der Waals surface area contributed by atoms with Crippen LogP contribution in [0.3, 0.4) is 0 Å². The summed E-state index contributed by atoms with van der Waals surface area (Å²) in [5, 5.41) is 11.5. The Bertz CT molecular complexity index is 760.